The number of aliphatic carboxylic acids is 1. The maximum absolute atomic E-state index is 10.8. The van der Waals surface area contributed by atoms with Crippen LogP contribution in [0.4, 0.5) is 0 Å². The van der Waals surface area contributed by atoms with Crippen molar-refractivity contribution < 1.29 is 9.90 Å². The fourth-order valence-electron chi connectivity index (χ4n) is 2.11. The number of hydrogen-bond donors (Lipinski definition) is 1. The molecule has 1 aromatic heterocycles. The van der Waals surface area contributed by atoms with Gasteiger partial charge >= 0.3 is 5.97 Å². The molecule has 110 valence electrons. The van der Waals surface area contributed by atoms with Crippen LogP contribution in [0.15, 0.2) is 72.0 Å². The second-order valence-corrected chi connectivity index (χ2v) is 5.61. The summed E-state index contributed by atoms with van der Waals surface area (Å²) in [6, 6.07) is 19.6. The highest BCUT2D eigenvalue weighted by molar-refractivity contribution is 7.99. The monoisotopic (exact) mass is 310 g/mol. The summed E-state index contributed by atoms with van der Waals surface area (Å²) in [5.41, 5.74) is 2.80. The van der Waals surface area contributed by atoms with E-state index in [4.69, 9.17) is 5.11 Å². The second kappa shape index (κ2) is 6.49. The van der Waals surface area contributed by atoms with E-state index in [1.807, 2.05) is 71.4 Å². The molecule has 0 spiro atoms. The first-order valence-electron chi connectivity index (χ1n) is 6.79. The van der Waals surface area contributed by atoms with E-state index in [1.54, 1.807) is 0 Å². The minimum Gasteiger partial charge on any atom is -0.481 e. The molecule has 0 fully saturated rings. The van der Waals surface area contributed by atoms with Crippen molar-refractivity contribution in [2.24, 2.45) is 0 Å². The topological polar surface area (TPSA) is 55.1 Å². The number of thioether (sulfide) groups is 1. The van der Waals surface area contributed by atoms with Gasteiger partial charge in [0.1, 0.15) is 0 Å². The third kappa shape index (κ3) is 3.20. The summed E-state index contributed by atoms with van der Waals surface area (Å²) in [6.07, 6.45) is 1.94. The highest BCUT2D eigenvalue weighted by Gasteiger charge is 2.12. The molecule has 3 aromatic rings. The van der Waals surface area contributed by atoms with Gasteiger partial charge in [-0.25, -0.2) is 4.98 Å². The van der Waals surface area contributed by atoms with Crippen LogP contribution in [0.5, 0.6) is 0 Å². The van der Waals surface area contributed by atoms with E-state index < -0.39 is 5.97 Å². The number of benzene rings is 2. The Morgan fingerprint density at radius 1 is 1.05 bits per heavy atom. The van der Waals surface area contributed by atoms with Crippen molar-refractivity contribution in [2.75, 3.05) is 5.75 Å². The summed E-state index contributed by atoms with van der Waals surface area (Å²) in [6.45, 7) is 0. The van der Waals surface area contributed by atoms with Gasteiger partial charge in [-0.05, 0) is 12.1 Å². The average Bonchev–Trinajstić information content (AvgIpc) is 2.99. The van der Waals surface area contributed by atoms with Gasteiger partial charge in [-0.2, -0.15) is 0 Å². The molecular formula is C17H14N2O2S. The lowest BCUT2D eigenvalue weighted by Gasteiger charge is -2.05. The summed E-state index contributed by atoms with van der Waals surface area (Å²) >= 11 is 1.22. The van der Waals surface area contributed by atoms with Gasteiger partial charge in [-0.3, -0.25) is 9.36 Å². The number of nitrogens with zero attached hydrogens (tertiary/aromatic N) is 2. The molecule has 2 aromatic carbocycles. The second-order valence-electron chi connectivity index (χ2n) is 4.66. The van der Waals surface area contributed by atoms with Crippen molar-refractivity contribution in [2.45, 2.75) is 5.16 Å². The quantitative estimate of drug-likeness (QED) is 0.730. The summed E-state index contributed by atoms with van der Waals surface area (Å²) in [4.78, 5) is 15.4. The third-order valence-electron chi connectivity index (χ3n) is 3.10. The highest BCUT2D eigenvalue weighted by atomic mass is 32.2. The number of para-hydroxylation sites is 1. The average molecular weight is 310 g/mol. The molecule has 0 radical (unpaired) electrons. The Kier molecular flexibility index (Phi) is 4.25. The van der Waals surface area contributed by atoms with Crippen molar-refractivity contribution in [3.05, 3.63) is 66.9 Å². The van der Waals surface area contributed by atoms with Crippen molar-refractivity contribution in [1.29, 1.82) is 0 Å². The predicted molar refractivity (Wildman–Crippen MR) is 87.4 cm³/mol. The summed E-state index contributed by atoms with van der Waals surface area (Å²) in [5.74, 6) is -0.869. The smallest absolute Gasteiger partial charge is 0.313 e. The fraction of sp³-hybridized carbons (Fsp3) is 0.0588. The normalized spacial score (nSPS) is 10.5. The van der Waals surface area contributed by atoms with Gasteiger partial charge in [0.2, 0.25) is 0 Å². The number of carboxylic acids is 1. The molecule has 1 heterocycles. The van der Waals surface area contributed by atoms with Crippen LogP contribution < -0.4 is 0 Å². The highest BCUT2D eigenvalue weighted by Crippen LogP contribution is 2.27. The van der Waals surface area contributed by atoms with Crippen LogP contribution in [0.2, 0.25) is 0 Å². The molecule has 0 saturated carbocycles. The van der Waals surface area contributed by atoms with Crippen LogP contribution in [0.3, 0.4) is 0 Å². The number of hydrogen-bond acceptors (Lipinski definition) is 3. The van der Waals surface area contributed by atoms with Gasteiger partial charge in [0.05, 0.1) is 11.4 Å². The molecule has 1 N–H and O–H groups in total. The SMILES string of the molecule is O=C(O)CSc1nc(-c2ccccc2)cn1-c1ccccc1. The molecular weight excluding hydrogens is 296 g/mol. The Bertz CT molecular complexity index is 770. The zero-order valence-electron chi connectivity index (χ0n) is 11.7. The lowest BCUT2D eigenvalue weighted by molar-refractivity contribution is -0.133. The van der Waals surface area contributed by atoms with E-state index in [-0.39, 0.29) is 5.75 Å². The summed E-state index contributed by atoms with van der Waals surface area (Å²) in [5, 5.41) is 9.58. The Labute approximate surface area is 132 Å². The maximum atomic E-state index is 10.8. The van der Waals surface area contributed by atoms with Gasteiger partial charge < -0.3 is 5.11 Å². The Morgan fingerprint density at radius 3 is 2.32 bits per heavy atom. The number of imidazole rings is 1. The Morgan fingerprint density at radius 2 is 1.68 bits per heavy atom. The Balaban J connectivity index is 2.03. The van der Waals surface area contributed by atoms with Crippen LogP contribution in [-0.4, -0.2) is 26.4 Å². The van der Waals surface area contributed by atoms with Gasteiger partial charge in [0, 0.05) is 17.4 Å². The van der Waals surface area contributed by atoms with Crippen molar-refractivity contribution in [1.82, 2.24) is 9.55 Å². The number of carbonyl (C=O) groups is 1. The molecule has 0 atom stereocenters. The van der Waals surface area contributed by atoms with E-state index in [0.717, 1.165) is 16.9 Å². The van der Waals surface area contributed by atoms with Crippen LogP contribution in [0, 0.1) is 0 Å². The Hall–Kier alpha value is -2.53. The number of aromatic nitrogens is 2. The summed E-state index contributed by atoms with van der Waals surface area (Å²) < 4.78 is 1.93. The predicted octanol–water partition coefficient (Wildman–Crippen LogP) is 3.72. The van der Waals surface area contributed by atoms with Crippen LogP contribution >= 0.6 is 11.8 Å². The zero-order valence-corrected chi connectivity index (χ0v) is 12.5. The molecule has 0 unspecified atom stereocenters. The first-order valence-corrected chi connectivity index (χ1v) is 7.77. The van der Waals surface area contributed by atoms with Crippen LogP contribution in [-0.2, 0) is 4.79 Å². The molecule has 0 aliphatic rings. The lowest BCUT2D eigenvalue weighted by Crippen LogP contribution is -2.01. The molecule has 0 aliphatic carbocycles. The third-order valence-corrected chi connectivity index (χ3v) is 4.04. The molecule has 0 amide bonds. The standard InChI is InChI=1S/C17H14N2O2S/c20-16(21)12-22-17-18-15(13-7-3-1-4-8-13)11-19(17)14-9-5-2-6-10-14/h1-11H,12H2,(H,20,21). The zero-order chi connectivity index (χ0) is 15.4. The minimum atomic E-state index is -0.853. The molecule has 22 heavy (non-hydrogen) atoms. The molecule has 0 saturated heterocycles. The fourth-order valence-corrected chi connectivity index (χ4v) is 2.83. The van der Waals surface area contributed by atoms with Gasteiger partial charge in [0.15, 0.2) is 5.16 Å². The van der Waals surface area contributed by atoms with E-state index in [9.17, 15) is 4.79 Å². The van der Waals surface area contributed by atoms with E-state index in [0.29, 0.717) is 5.16 Å². The lowest BCUT2D eigenvalue weighted by atomic mass is 10.2. The van der Waals surface area contributed by atoms with E-state index >= 15 is 0 Å². The van der Waals surface area contributed by atoms with Gasteiger partial charge in [0.25, 0.3) is 0 Å². The van der Waals surface area contributed by atoms with Gasteiger partial charge in [-0.15, -0.1) is 0 Å². The molecule has 0 bridgehead atoms. The molecule has 0 aliphatic heterocycles. The first kappa shape index (κ1) is 14.4. The van der Waals surface area contributed by atoms with Gasteiger partial charge in [-0.1, -0.05) is 60.3 Å². The maximum Gasteiger partial charge on any atom is 0.313 e. The van der Waals surface area contributed by atoms with E-state index in [1.165, 1.54) is 11.8 Å². The molecule has 3 rings (SSSR count). The largest absolute Gasteiger partial charge is 0.481 e. The van der Waals surface area contributed by atoms with E-state index in [2.05, 4.69) is 4.98 Å². The summed E-state index contributed by atoms with van der Waals surface area (Å²) in [7, 11) is 0. The molecule has 4 nitrogen and oxygen atoms in total. The first-order chi connectivity index (χ1) is 10.7. The minimum absolute atomic E-state index is 0.0158. The number of carboxylic acid groups (broad SMARTS) is 1. The molecule has 5 heteroatoms. The number of rotatable bonds is 5. The van der Waals surface area contributed by atoms with Crippen molar-refractivity contribution in [3.63, 3.8) is 0 Å². The van der Waals surface area contributed by atoms with Crippen molar-refractivity contribution in [3.8, 4) is 16.9 Å². The van der Waals surface area contributed by atoms with Crippen LogP contribution in [0.25, 0.3) is 16.9 Å². The van der Waals surface area contributed by atoms with Crippen LogP contribution in [0.1, 0.15) is 0 Å². The van der Waals surface area contributed by atoms with Crippen molar-refractivity contribution >= 4 is 17.7 Å².